The van der Waals surface area contributed by atoms with Crippen molar-refractivity contribution in [3.05, 3.63) is 28.2 Å². The molecule has 0 bridgehead atoms. The van der Waals surface area contributed by atoms with Crippen molar-refractivity contribution in [1.82, 2.24) is 24.9 Å². The van der Waals surface area contributed by atoms with Gasteiger partial charge >= 0.3 is 0 Å². The Morgan fingerprint density at radius 1 is 1.19 bits per heavy atom. The van der Waals surface area contributed by atoms with Crippen molar-refractivity contribution in [2.24, 2.45) is 0 Å². The number of rotatable bonds is 4. The van der Waals surface area contributed by atoms with Crippen LogP contribution >= 0.6 is 11.3 Å². The largest absolute Gasteiger partial charge is 0.368 e. The van der Waals surface area contributed by atoms with Crippen LogP contribution in [0.25, 0.3) is 11.2 Å². The van der Waals surface area contributed by atoms with Crippen LogP contribution in [0.1, 0.15) is 28.4 Å². The zero-order valence-corrected chi connectivity index (χ0v) is 12.4. The van der Waals surface area contributed by atoms with E-state index in [9.17, 15) is 0 Å². The van der Waals surface area contributed by atoms with Crippen molar-refractivity contribution in [2.45, 2.75) is 32.1 Å². The van der Waals surface area contributed by atoms with Crippen LogP contribution in [0.5, 0.6) is 0 Å². The molecule has 0 aromatic carbocycles. The molecular formula is C14H16N6S. The number of hydrogen-bond acceptors (Lipinski definition) is 6. The van der Waals surface area contributed by atoms with Gasteiger partial charge in [-0.15, -0.1) is 11.3 Å². The summed E-state index contributed by atoms with van der Waals surface area (Å²) in [6.07, 6.45) is 9.06. The number of thiazole rings is 1. The third kappa shape index (κ3) is 2.49. The first-order chi connectivity index (χ1) is 10.4. The average molecular weight is 300 g/mol. The number of H-pyrrole nitrogens is 1. The van der Waals surface area contributed by atoms with Gasteiger partial charge < -0.3 is 10.3 Å². The molecule has 0 saturated heterocycles. The van der Waals surface area contributed by atoms with Crippen molar-refractivity contribution in [2.75, 3.05) is 11.9 Å². The minimum absolute atomic E-state index is 0.692. The lowest BCUT2D eigenvalue weighted by Gasteiger charge is -2.06. The van der Waals surface area contributed by atoms with Gasteiger partial charge in [0.05, 0.1) is 17.0 Å². The molecule has 7 heteroatoms. The predicted molar refractivity (Wildman–Crippen MR) is 82.6 cm³/mol. The van der Waals surface area contributed by atoms with E-state index in [1.165, 1.54) is 41.2 Å². The van der Waals surface area contributed by atoms with Gasteiger partial charge in [-0.1, -0.05) is 0 Å². The van der Waals surface area contributed by atoms with E-state index < -0.39 is 0 Å². The summed E-state index contributed by atoms with van der Waals surface area (Å²) >= 11 is 1.87. The first kappa shape index (κ1) is 12.7. The van der Waals surface area contributed by atoms with Gasteiger partial charge in [0, 0.05) is 17.8 Å². The van der Waals surface area contributed by atoms with E-state index >= 15 is 0 Å². The maximum absolute atomic E-state index is 4.76. The van der Waals surface area contributed by atoms with Gasteiger partial charge in [-0.3, -0.25) is 0 Å². The molecule has 0 radical (unpaired) electrons. The molecule has 0 unspecified atom stereocenters. The molecule has 3 heterocycles. The standard InChI is InChI=1S/C14H16N6S/c1-2-4-10-9(3-1)20-11(21-10)5-6-15-13-12-14(17-7-16-12)19-8-18-13/h7-8H,1-6H2,(H2,15,16,17,18,19). The smallest absolute Gasteiger partial charge is 0.182 e. The van der Waals surface area contributed by atoms with Crippen LogP contribution < -0.4 is 5.32 Å². The molecule has 0 fully saturated rings. The van der Waals surface area contributed by atoms with E-state index in [1.54, 1.807) is 6.33 Å². The lowest BCUT2D eigenvalue weighted by atomic mass is 10.0. The number of hydrogen-bond donors (Lipinski definition) is 2. The van der Waals surface area contributed by atoms with Gasteiger partial charge in [-0.2, -0.15) is 0 Å². The van der Waals surface area contributed by atoms with E-state index in [0.717, 1.165) is 30.7 Å². The Balaban J connectivity index is 1.43. The summed E-state index contributed by atoms with van der Waals surface area (Å²) in [6, 6.07) is 0. The zero-order chi connectivity index (χ0) is 14.1. The monoisotopic (exact) mass is 300 g/mol. The van der Waals surface area contributed by atoms with Gasteiger partial charge in [0.2, 0.25) is 0 Å². The summed E-state index contributed by atoms with van der Waals surface area (Å²) in [6.45, 7) is 0.817. The number of aromatic amines is 1. The second-order valence-electron chi connectivity index (χ2n) is 5.18. The third-order valence-electron chi connectivity index (χ3n) is 3.74. The molecule has 1 aliphatic carbocycles. The number of aromatic nitrogens is 5. The van der Waals surface area contributed by atoms with E-state index in [2.05, 4.69) is 25.3 Å². The summed E-state index contributed by atoms with van der Waals surface area (Å²) in [4.78, 5) is 21.8. The Bertz CT molecular complexity index is 738. The van der Waals surface area contributed by atoms with E-state index in [-0.39, 0.29) is 0 Å². The quantitative estimate of drug-likeness (QED) is 0.773. The third-order valence-corrected chi connectivity index (χ3v) is 4.96. The van der Waals surface area contributed by atoms with Crippen LogP contribution in [-0.2, 0) is 19.3 Å². The van der Waals surface area contributed by atoms with Gasteiger partial charge in [0.25, 0.3) is 0 Å². The summed E-state index contributed by atoms with van der Waals surface area (Å²) in [5.74, 6) is 0.804. The Kier molecular flexibility index (Phi) is 3.27. The van der Waals surface area contributed by atoms with Crippen LogP contribution in [0.15, 0.2) is 12.7 Å². The van der Waals surface area contributed by atoms with Crippen molar-refractivity contribution >= 4 is 28.3 Å². The van der Waals surface area contributed by atoms with Crippen LogP contribution in [0, 0.1) is 0 Å². The van der Waals surface area contributed by atoms with Gasteiger partial charge in [0.1, 0.15) is 11.8 Å². The van der Waals surface area contributed by atoms with E-state index in [1.807, 2.05) is 11.3 Å². The summed E-state index contributed by atoms with van der Waals surface area (Å²) in [7, 11) is 0. The van der Waals surface area contributed by atoms with Crippen molar-refractivity contribution < 1.29 is 0 Å². The summed E-state index contributed by atoms with van der Waals surface area (Å²) in [5, 5.41) is 4.57. The fourth-order valence-electron chi connectivity index (χ4n) is 2.70. The molecule has 0 spiro atoms. The SMILES string of the molecule is c1nc(NCCc2nc3c(s2)CCCC3)c2[nH]cnc2n1. The Morgan fingerprint density at radius 2 is 2.14 bits per heavy atom. The molecule has 6 nitrogen and oxygen atoms in total. The molecule has 2 N–H and O–H groups in total. The topological polar surface area (TPSA) is 79.4 Å². The Hall–Kier alpha value is -2.02. The molecule has 21 heavy (non-hydrogen) atoms. The molecule has 0 atom stereocenters. The molecule has 108 valence electrons. The fourth-order valence-corrected chi connectivity index (χ4v) is 3.86. The Labute approximate surface area is 126 Å². The second kappa shape index (κ2) is 5.40. The van der Waals surface area contributed by atoms with E-state index in [0.29, 0.717) is 5.65 Å². The van der Waals surface area contributed by atoms with Gasteiger partial charge in [-0.25, -0.2) is 19.9 Å². The molecule has 0 aliphatic heterocycles. The summed E-state index contributed by atoms with van der Waals surface area (Å²) < 4.78 is 0. The fraction of sp³-hybridized carbons (Fsp3) is 0.429. The van der Waals surface area contributed by atoms with Crippen molar-refractivity contribution in [3.63, 3.8) is 0 Å². The zero-order valence-electron chi connectivity index (χ0n) is 11.6. The minimum atomic E-state index is 0.692. The number of nitrogens with one attached hydrogen (secondary N) is 2. The normalized spacial score (nSPS) is 14.3. The maximum atomic E-state index is 4.76. The second-order valence-corrected chi connectivity index (χ2v) is 6.35. The van der Waals surface area contributed by atoms with Crippen LogP contribution in [0.3, 0.4) is 0 Å². The molecule has 4 rings (SSSR count). The summed E-state index contributed by atoms with van der Waals surface area (Å²) in [5.41, 5.74) is 2.88. The lowest BCUT2D eigenvalue weighted by Crippen LogP contribution is -2.07. The average Bonchev–Trinajstić information content (AvgIpc) is 3.13. The first-order valence-corrected chi connectivity index (χ1v) is 8.07. The molecule has 1 aliphatic rings. The van der Waals surface area contributed by atoms with Crippen LogP contribution in [0.4, 0.5) is 5.82 Å². The maximum Gasteiger partial charge on any atom is 0.182 e. The first-order valence-electron chi connectivity index (χ1n) is 7.25. The highest BCUT2D eigenvalue weighted by atomic mass is 32.1. The number of imidazole rings is 1. The molecule has 3 aromatic rings. The van der Waals surface area contributed by atoms with Gasteiger partial charge in [-0.05, 0) is 25.7 Å². The van der Waals surface area contributed by atoms with E-state index in [4.69, 9.17) is 4.98 Å². The molecule has 0 amide bonds. The Morgan fingerprint density at radius 3 is 3.10 bits per heavy atom. The lowest BCUT2D eigenvalue weighted by molar-refractivity contribution is 0.680. The van der Waals surface area contributed by atoms with Crippen molar-refractivity contribution in [1.29, 1.82) is 0 Å². The number of nitrogens with zero attached hydrogens (tertiary/aromatic N) is 4. The number of anilines is 1. The highest BCUT2D eigenvalue weighted by molar-refractivity contribution is 7.11. The number of fused-ring (bicyclic) bond motifs is 2. The molecule has 3 aromatic heterocycles. The molecule has 0 saturated carbocycles. The van der Waals surface area contributed by atoms with Crippen LogP contribution in [0.2, 0.25) is 0 Å². The predicted octanol–water partition coefficient (Wildman–Crippen LogP) is 2.34. The van der Waals surface area contributed by atoms with Crippen LogP contribution in [-0.4, -0.2) is 31.5 Å². The molecular weight excluding hydrogens is 284 g/mol. The van der Waals surface area contributed by atoms with Crippen molar-refractivity contribution in [3.8, 4) is 0 Å². The number of aryl methyl sites for hydroxylation is 2. The highest BCUT2D eigenvalue weighted by Gasteiger charge is 2.14. The van der Waals surface area contributed by atoms with Gasteiger partial charge in [0.15, 0.2) is 11.5 Å². The highest BCUT2D eigenvalue weighted by Crippen LogP contribution is 2.26. The minimum Gasteiger partial charge on any atom is -0.368 e.